The van der Waals surface area contributed by atoms with Crippen LogP contribution >= 0.6 is 11.6 Å². The van der Waals surface area contributed by atoms with Gasteiger partial charge in [-0.25, -0.2) is 8.42 Å². The van der Waals surface area contributed by atoms with Gasteiger partial charge in [0.1, 0.15) is 10.6 Å². The normalized spacial score (nSPS) is 15.9. The van der Waals surface area contributed by atoms with E-state index in [4.69, 9.17) is 16.3 Å². The lowest BCUT2D eigenvalue weighted by Gasteiger charge is -2.31. The maximum absolute atomic E-state index is 13.1. The third-order valence-corrected chi connectivity index (χ3v) is 7.45. The van der Waals surface area contributed by atoms with Crippen LogP contribution < -0.4 is 10.1 Å². The van der Waals surface area contributed by atoms with Gasteiger partial charge in [0, 0.05) is 29.7 Å². The summed E-state index contributed by atoms with van der Waals surface area (Å²) in [5, 5.41) is 3.34. The molecule has 1 fully saturated rings. The van der Waals surface area contributed by atoms with Gasteiger partial charge in [-0.2, -0.15) is 4.31 Å². The number of ether oxygens (including phenoxy) is 1. The summed E-state index contributed by atoms with van der Waals surface area (Å²) in [6.45, 7) is 4.44. The van der Waals surface area contributed by atoms with Crippen LogP contribution in [0, 0.1) is 19.8 Å². The predicted molar refractivity (Wildman–Crippen MR) is 114 cm³/mol. The number of halogens is 1. The van der Waals surface area contributed by atoms with Gasteiger partial charge in [-0.3, -0.25) is 4.79 Å². The van der Waals surface area contributed by atoms with E-state index in [1.54, 1.807) is 12.1 Å². The van der Waals surface area contributed by atoms with Gasteiger partial charge >= 0.3 is 0 Å². The van der Waals surface area contributed by atoms with Crippen LogP contribution in [0.5, 0.6) is 5.75 Å². The van der Waals surface area contributed by atoms with E-state index < -0.39 is 10.0 Å². The molecular weight excluding hydrogens is 412 g/mol. The molecule has 8 heteroatoms. The van der Waals surface area contributed by atoms with E-state index in [1.165, 1.54) is 17.5 Å². The Morgan fingerprint density at radius 1 is 1.14 bits per heavy atom. The molecule has 6 nitrogen and oxygen atoms in total. The monoisotopic (exact) mass is 436 g/mol. The molecule has 0 aromatic heterocycles. The Hall–Kier alpha value is -2.09. The zero-order chi connectivity index (χ0) is 21.2. The highest BCUT2D eigenvalue weighted by Gasteiger charge is 2.34. The average Bonchev–Trinajstić information content (AvgIpc) is 2.70. The van der Waals surface area contributed by atoms with Gasteiger partial charge < -0.3 is 10.1 Å². The third-order valence-electron chi connectivity index (χ3n) is 5.30. The van der Waals surface area contributed by atoms with Crippen LogP contribution in [0.1, 0.15) is 24.0 Å². The van der Waals surface area contributed by atoms with E-state index in [2.05, 4.69) is 5.32 Å². The number of piperidine rings is 1. The molecule has 29 heavy (non-hydrogen) atoms. The number of sulfonamides is 1. The Kier molecular flexibility index (Phi) is 6.51. The number of para-hydroxylation sites is 1. The number of nitrogens with zero attached hydrogens (tertiary/aromatic N) is 1. The van der Waals surface area contributed by atoms with E-state index in [0.29, 0.717) is 17.9 Å². The lowest BCUT2D eigenvalue weighted by Crippen LogP contribution is -2.41. The number of anilines is 1. The first kappa shape index (κ1) is 21.6. The Morgan fingerprint density at radius 3 is 2.34 bits per heavy atom. The molecule has 0 bridgehead atoms. The molecule has 1 aliphatic heterocycles. The molecule has 0 aliphatic carbocycles. The van der Waals surface area contributed by atoms with Crippen LogP contribution in [0.25, 0.3) is 0 Å². The largest absolute Gasteiger partial charge is 0.495 e. The molecule has 1 amide bonds. The van der Waals surface area contributed by atoms with Crippen LogP contribution in [0.2, 0.25) is 5.02 Å². The fourth-order valence-electron chi connectivity index (χ4n) is 3.59. The van der Waals surface area contributed by atoms with Gasteiger partial charge in [0.05, 0.1) is 7.11 Å². The zero-order valence-corrected chi connectivity index (χ0v) is 18.3. The molecule has 3 rings (SSSR count). The SMILES string of the molecule is COc1ccc(Cl)cc1S(=O)(=O)N1CCC(C(=O)Nc2c(C)cccc2C)CC1. The summed E-state index contributed by atoms with van der Waals surface area (Å²) in [5.41, 5.74) is 2.84. The van der Waals surface area contributed by atoms with Crippen LogP contribution in [0.4, 0.5) is 5.69 Å². The summed E-state index contributed by atoms with van der Waals surface area (Å²) in [5.74, 6) is -0.0502. The van der Waals surface area contributed by atoms with Crippen LogP contribution in [0.3, 0.4) is 0 Å². The van der Waals surface area contributed by atoms with Crippen LogP contribution in [0.15, 0.2) is 41.3 Å². The smallest absolute Gasteiger partial charge is 0.246 e. The summed E-state index contributed by atoms with van der Waals surface area (Å²) in [7, 11) is -2.33. The molecule has 1 N–H and O–H groups in total. The first-order valence-corrected chi connectivity index (χ1v) is 11.3. The molecular formula is C21H25ClN2O4S. The standard InChI is InChI=1S/C21H25ClN2O4S/c1-14-5-4-6-15(2)20(14)23-21(25)16-9-11-24(12-10-16)29(26,27)19-13-17(22)7-8-18(19)28-3/h4-8,13,16H,9-12H2,1-3H3,(H,23,25). The Bertz CT molecular complexity index is 995. The molecule has 1 aliphatic rings. The van der Waals surface area contributed by atoms with Gasteiger partial charge in [0.2, 0.25) is 15.9 Å². The van der Waals surface area contributed by atoms with Gasteiger partial charge in [0.15, 0.2) is 0 Å². The minimum absolute atomic E-state index is 0.0472. The van der Waals surface area contributed by atoms with Crippen LogP contribution in [-0.4, -0.2) is 38.8 Å². The Labute approximate surface area is 176 Å². The lowest BCUT2D eigenvalue weighted by atomic mass is 9.96. The minimum atomic E-state index is -3.76. The molecule has 2 aromatic rings. The molecule has 2 aromatic carbocycles. The highest BCUT2D eigenvalue weighted by atomic mass is 35.5. The van der Waals surface area contributed by atoms with Crippen molar-refractivity contribution in [2.45, 2.75) is 31.6 Å². The van der Waals surface area contributed by atoms with E-state index in [1.807, 2.05) is 32.0 Å². The fourth-order valence-corrected chi connectivity index (χ4v) is 5.47. The molecule has 0 radical (unpaired) electrons. The number of carbonyl (C=O) groups excluding carboxylic acids is 1. The molecule has 0 unspecified atom stereocenters. The quantitative estimate of drug-likeness (QED) is 0.768. The van der Waals surface area contributed by atoms with Gasteiger partial charge in [0.25, 0.3) is 0 Å². The number of nitrogens with one attached hydrogen (secondary N) is 1. The Balaban J connectivity index is 1.70. The molecule has 156 valence electrons. The first-order chi connectivity index (χ1) is 13.7. The molecule has 0 saturated carbocycles. The fraction of sp³-hybridized carbons (Fsp3) is 0.381. The van der Waals surface area contributed by atoms with Crippen LogP contribution in [-0.2, 0) is 14.8 Å². The average molecular weight is 437 g/mol. The maximum Gasteiger partial charge on any atom is 0.246 e. The number of rotatable bonds is 5. The summed E-state index contributed by atoms with van der Waals surface area (Å²) in [6, 6.07) is 10.4. The number of methoxy groups -OCH3 is 1. The van der Waals surface area contributed by atoms with E-state index >= 15 is 0 Å². The summed E-state index contributed by atoms with van der Waals surface area (Å²) in [4.78, 5) is 12.8. The predicted octanol–water partition coefficient (Wildman–Crippen LogP) is 4.00. The van der Waals surface area contributed by atoms with Crippen molar-refractivity contribution in [1.82, 2.24) is 4.31 Å². The highest BCUT2D eigenvalue weighted by molar-refractivity contribution is 7.89. The second-order valence-corrected chi connectivity index (χ2v) is 9.57. The molecule has 0 spiro atoms. The number of carbonyl (C=O) groups is 1. The Morgan fingerprint density at radius 2 is 1.76 bits per heavy atom. The number of hydrogen-bond donors (Lipinski definition) is 1. The van der Waals surface area contributed by atoms with Crippen molar-refractivity contribution in [3.05, 3.63) is 52.5 Å². The number of hydrogen-bond acceptors (Lipinski definition) is 4. The van der Waals surface area contributed by atoms with Crippen molar-refractivity contribution in [3.63, 3.8) is 0 Å². The minimum Gasteiger partial charge on any atom is -0.495 e. The second kappa shape index (κ2) is 8.73. The van der Waals surface area contributed by atoms with Crippen molar-refractivity contribution in [2.24, 2.45) is 5.92 Å². The highest BCUT2D eigenvalue weighted by Crippen LogP contribution is 2.32. The van der Waals surface area contributed by atoms with E-state index in [9.17, 15) is 13.2 Å². The van der Waals surface area contributed by atoms with Gasteiger partial charge in [-0.15, -0.1) is 0 Å². The van der Waals surface area contributed by atoms with Crippen molar-refractivity contribution >= 4 is 33.2 Å². The molecule has 1 saturated heterocycles. The summed E-state index contributed by atoms with van der Waals surface area (Å²) in [6.07, 6.45) is 0.914. The first-order valence-electron chi connectivity index (χ1n) is 9.45. The second-order valence-electron chi connectivity index (χ2n) is 7.23. The topological polar surface area (TPSA) is 75.7 Å². The van der Waals surface area contributed by atoms with Crippen molar-refractivity contribution < 1.29 is 17.9 Å². The van der Waals surface area contributed by atoms with Gasteiger partial charge in [-0.1, -0.05) is 29.8 Å². The maximum atomic E-state index is 13.1. The molecule has 1 heterocycles. The van der Waals surface area contributed by atoms with E-state index in [-0.39, 0.29) is 35.6 Å². The van der Waals surface area contributed by atoms with Crippen molar-refractivity contribution in [2.75, 3.05) is 25.5 Å². The van der Waals surface area contributed by atoms with Crippen molar-refractivity contribution in [1.29, 1.82) is 0 Å². The zero-order valence-electron chi connectivity index (χ0n) is 16.7. The number of amides is 1. The number of aryl methyl sites for hydroxylation is 2. The van der Waals surface area contributed by atoms with Crippen molar-refractivity contribution in [3.8, 4) is 5.75 Å². The van der Waals surface area contributed by atoms with E-state index in [0.717, 1.165) is 16.8 Å². The van der Waals surface area contributed by atoms with Gasteiger partial charge in [-0.05, 0) is 56.0 Å². The lowest BCUT2D eigenvalue weighted by molar-refractivity contribution is -0.120. The number of benzene rings is 2. The summed E-state index contributed by atoms with van der Waals surface area (Å²) >= 11 is 5.99. The summed E-state index contributed by atoms with van der Waals surface area (Å²) < 4.78 is 32.7. The third kappa shape index (κ3) is 4.57. The molecule has 0 atom stereocenters.